The van der Waals surface area contributed by atoms with Crippen molar-refractivity contribution in [1.82, 2.24) is 9.78 Å². The summed E-state index contributed by atoms with van der Waals surface area (Å²) in [5.74, 6) is 0. The average Bonchev–Trinajstić information content (AvgIpc) is 2.12. The number of hydrogen-bond acceptors (Lipinski definition) is 1. The van der Waals surface area contributed by atoms with E-state index in [4.69, 9.17) is 11.6 Å². The van der Waals surface area contributed by atoms with Gasteiger partial charge < -0.3 is 0 Å². The molecule has 0 aliphatic heterocycles. The van der Waals surface area contributed by atoms with Crippen molar-refractivity contribution in [3.05, 3.63) is 25.0 Å². The van der Waals surface area contributed by atoms with Crippen LogP contribution in [-0.4, -0.2) is 9.78 Å². The Morgan fingerprint density at radius 1 is 1.75 bits per heavy atom. The van der Waals surface area contributed by atoms with E-state index in [-0.39, 0.29) is 0 Å². The van der Waals surface area contributed by atoms with Crippen molar-refractivity contribution >= 4 is 16.8 Å². The van der Waals surface area contributed by atoms with Gasteiger partial charge in [-0.15, -0.1) is 0 Å². The van der Waals surface area contributed by atoms with E-state index < -0.39 is 0 Å². The Bertz CT molecular complexity index is 178. The Hall–Kier alpha value is -0.760. The highest BCUT2D eigenvalue weighted by atomic mass is 35.5. The largest absolute Gasteiger partial charge is 0.230 e. The predicted octanol–water partition coefficient (Wildman–Crippen LogP) is 1.55. The second-order valence-corrected chi connectivity index (χ2v) is 1.76. The number of aromatic nitrogens is 2. The Kier molecular flexibility index (Phi) is 1.35. The van der Waals surface area contributed by atoms with E-state index in [1.54, 1.807) is 18.5 Å². The van der Waals surface area contributed by atoms with Gasteiger partial charge in [-0.25, -0.2) is 4.68 Å². The standard InChI is InChI=1S/C5H5ClN2/c1-5(6)8-4-2-3-7-8/h2-4H,1H2. The van der Waals surface area contributed by atoms with Crippen molar-refractivity contribution in [3.63, 3.8) is 0 Å². The first kappa shape index (κ1) is 5.38. The summed E-state index contributed by atoms with van der Waals surface area (Å²) in [6.07, 6.45) is 3.38. The van der Waals surface area contributed by atoms with Crippen molar-refractivity contribution in [2.75, 3.05) is 0 Å². The van der Waals surface area contributed by atoms with Gasteiger partial charge in [0, 0.05) is 12.4 Å². The summed E-state index contributed by atoms with van der Waals surface area (Å²) in [4.78, 5) is 0. The lowest BCUT2D eigenvalue weighted by atomic mass is 10.7. The maximum atomic E-state index is 5.45. The summed E-state index contributed by atoms with van der Waals surface area (Å²) in [6.45, 7) is 3.46. The fourth-order valence-corrected chi connectivity index (χ4v) is 0.512. The molecule has 1 rings (SSSR count). The van der Waals surface area contributed by atoms with Crippen LogP contribution in [0.1, 0.15) is 0 Å². The SMILES string of the molecule is C=C(Cl)n1cccn1. The van der Waals surface area contributed by atoms with Gasteiger partial charge in [0.15, 0.2) is 0 Å². The molecule has 8 heavy (non-hydrogen) atoms. The van der Waals surface area contributed by atoms with Gasteiger partial charge in [0.1, 0.15) is 5.16 Å². The normalized spacial score (nSPS) is 9.12. The van der Waals surface area contributed by atoms with Crippen LogP contribution in [0.25, 0.3) is 5.16 Å². The molecule has 0 N–H and O–H groups in total. The first-order valence-corrected chi connectivity index (χ1v) is 2.53. The van der Waals surface area contributed by atoms with Crippen molar-refractivity contribution < 1.29 is 0 Å². The molecule has 0 amide bonds. The van der Waals surface area contributed by atoms with Crippen LogP contribution >= 0.6 is 11.6 Å². The second kappa shape index (κ2) is 2.01. The monoisotopic (exact) mass is 128 g/mol. The van der Waals surface area contributed by atoms with Crippen LogP contribution in [0.15, 0.2) is 25.0 Å². The van der Waals surface area contributed by atoms with E-state index in [9.17, 15) is 0 Å². The van der Waals surface area contributed by atoms with Gasteiger partial charge in [-0.2, -0.15) is 5.10 Å². The third kappa shape index (κ3) is 0.898. The van der Waals surface area contributed by atoms with E-state index in [2.05, 4.69) is 11.7 Å². The van der Waals surface area contributed by atoms with Gasteiger partial charge in [-0.3, -0.25) is 0 Å². The quantitative estimate of drug-likeness (QED) is 0.561. The summed E-state index contributed by atoms with van der Waals surface area (Å²) in [6, 6.07) is 1.79. The number of hydrogen-bond donors (Lipinski definition) is 0. The van der Waals surface area contributed by atoms with E-state index in [1.807, 2.05) is 0 Å². The molecule has 1 aromatic heterocycles. The molecule has 0 atom stereocenters. The highest BCUT2D eigenvalue weighted by Gasteiger charge is 1.86. The lowest BCUT2D eigenvalue weighted by molar-refractivity contribution is 0.926. The zero-order valence-electron chi connectivity index (χ0n) is 4.21. The Balaban J connectivity index is 2.93. The van der Waals surface area contributed by atoms with Crippen LogP contribution in [0, 0.1) is 0 Å². The van der Waals surface area contributed by atoms with Crippen LogP contribution in [0.2, 0.25) is 0 Å². The topological polar surface area (TPSA) is 17.8 Å². The van der Waals surface area contributed by atoms with Crippen molar-refractivity contribution in [3.8, 4) is 0 Å². The lowest BCUT2D eigenvalue weighted by Gasteiger charge is -1.90. The van der Waals surface area contributed by atoms with Crippen LogP contribution in [0.5, 0.6) is 0 Å². The second-order valence-electron chi connectivity index (χ2n) is 1.33. The third-order valence-electron chi connectivity index (χ3n) is 0.753. The molecule has 0 radical (unpaired) electrons. The highest BCUT2D eigenvalue weighted by molar-refractivity contribution is 6.44. The molecular weight excluding hydrogens is 124 g/mol. The number of rotatable bonds is 1. The molecule has 0 aliphatic rings. The van der Waals surface area contributed by atoms with E-state index in [0.29, 0.717) is 5.16 Å². The van der Waals surface area contributed by atoms with E-state index in [1.165, 1.54) is 4.68 Å². The first-order chi connectivity index (χ1) is 3.80. The minimum absolute atomic E-state index is 0.412. The molecule has 1 aromatic rings. The third-order valence-corrected chi connectivity index (χ3v) is 0.926. The smallest absolute Gasteiger partial charge is 0.123 e. The molecule has 0 saturated heterocycles. The maximum Gasteiger partial charge on any atom is 0.123 e. The van der Waals surface area contributed by atoms with Gasteiger partial charge >= 0.3 is 0 Å². The van der Waals surface area contributed by atoms with Gasteiger partial charge in [0.25, 0.3) is 0 Å². The molecule has 0 unspecified atom stereocenters. The summed E-state index contributed by atoms with van der Waals surface area (Å²) in [7, 11) is 0. The molecule has 42 valence electrons. The number of nitrogens with zero attached hydrogens (tertiary/aromatic N) is 2. The molecule has 2 nitrogen and oxygen atoms in total. The first-order valence-electron chi connectivity index (χ1n) is 2.15. The number of halogens is 1. The minimum atomic E-state index is 0.412. The fourth-order valence-electron chi connectivity index (χ4n) is 0.412. The molecule has 0 fully saturated rings. The van der Waals surface area contributed by atoms with Gasteiger partial charge in [0.2, 0.25) is 0 Å². The molecule has 0 spiro atoms. The molecule has 0 saturated carbocycles. The molecule has 3 heteroatoms. The van der Waals surface area contributed by atoms with Crippen molar-refractivity contribution in [2.45, 2.75) is 0 Å². The predicted molar refractivity (Wildman–Crippen MR) is 33.4 cm³/mol. The highest BCUT2D eigenvalue weighted by Crippen LogP contribution is 2.01. The minimum Gasteiger partial charge on any atom is -0.230 e. The van der Waals surface area contributed by atoms with E-state index in [0.717, 1.165) is 0 Å². The Morgan fingerprint density at radius 2 is 2.50 bits per heavy atom. The average molecular weight is 129 g/mol. The lowest BCUT2D eigenvalue weighted by Crippen LogP contribution is -1.87. The summed E-state index contributed by atoms with van der Waals surface area (Å²) >= 11 is 5.45. The van der Waals surface area contributed by atoms with Gasteiger partial charge in [-0.1, -0.05) is 18.2 Å². The summed E-state index contributed by atoms with van der Waals surface area (Å²) < 4.78 is 1.49. The van der Waals surface area contributed by atoms with Crippen molar-refractivity contribution in [2.24, 2.45) is 0 Å². The van der Waals surface area contributed by atoms with E-state index >= 15 is 0 Å². The van der Waals surface area contributed by atoms with Crippen molar-refractivity contribution in [1.29, 1.82) is 0 Å². The van der Waals surface area contributed by atoms with Crippen LogP contribution in [0.4, 0.5) is 0 Å². The Morgan fingerprint density at radius 3 is 2.75 bits per heavy atom. The maximum absolute atomic E-state index is 5.45. The molecule has 0 aromatic carbocycles. The Labute approximate surface area is 52.4 Å². The van der Waals surface area contributed by atoms with Gasteiger partial charge in [0.05, 0.1) is 0 Å². The molecular formula is C5H5ClN2. The molecule has 1 heterocycles. The molecule has 0 aliphatic carbocycles. The van der Waals surface area contributed by atoms with Crippen LogP contribution in [-0.2, 0) is 0 Å². The van der Waals surface area contributed by atoms with Crippen LogP contribution < -0.4 is 0 Å². The fraction of sp³-hybridized carbons (Fsp3) is 0. The molecule has 0 bridgehead atoms. The zero-order valence-corrected chi connectivity index (χ0v) is 4.97. The van der Waals surface area contributed by atoms with Gasteiger partial charge in [-0.05, 0) is 6.07 Å². The summed E-state index contributed by atoms with van der Waals surface area (Å²) in [5, 5.41) is 4.21. The summed E-state index contributed by atoms with van der Waals surface area (Å²) in [5.41, 5.74) is 0. The van der Waals surface area contributed by atoms with Crippen LogP contribution in [0.3, 0.4) is 0 Å². The zero-order chi connectivity index (χ0) is 5.98.